The Kier molecular flexibility index (Phi) is 7.33. The highest BCUT2D eigenvalue weighted by Crippen LogP contribution is 2.33. The van der Waals surface area contributed by atoms with Crippen molar-refractivity contribution in [3.63, 3.8) is 0 Å². The van der Waals surface area contributed by atoms with Gasteiger partial charge in [0.05, 0.1) is 30.6 Å². The molecular weight excluding hydrogens is 402 g/mol. The van der Waals surface area contributed by atoms with E-state index in [4.69, 9.17) is 4.74 Å². The number of carbonyl (C=O) groups excluding carboxylic acids is 2. The van der Waals surface area contributed by atoms with Crippen molar-refractivity contribution in [2.75, 3.05) is 25.4 Å². The van der Waals surface area contributed by atoms with Gasteiger partial charge in [0.15, 0.2) is 0 Å². The zero-order chi connectivity index (χ0) is 20.8. The van der Waals surface area contributed by atoms with E-state index in [0.29, 0.717) is 24.8 Å². The van der Waals surface area contributed by atoms with Gasteiger partial charge in [0.2, 0.25) is 5.91 Å². The smallest absolute Gasteiger partial charge is 0.315 e. The van der Waals surface area contributed by atoms with Crippen molar-refractivity contribution in [1.82, 2.24) is 26.3 Å². The van der Waals surface area contributed by atoms with E-state index in [0.717, 1.165) is 62.5 Å². The van der Waals surface area contributed by atoms with E-state index in [-0.39, 0.29) is 24.0 Å². The minimum Gasteiger partial charge on any atom is -0.492 e. The molecule has 1 aromatic rings. The molecule has 4 rings (SSSR count). The maximum absolute atomic E-state index is 12.0. The molecule has 164 valence electrons. The molecule has 0 aromatic carbocycles. The number of nitrogens with one attached hydrogen (secondary N) is 4. The van der Waals surface area contributed by atoms with Gasteiger partial charge in [0.25, 0.3) is 0 Å². The van der Waals surface area contributed by atoms with Crippen LogP contribution in [-0.2, 0) is 17.8 Å². The molecule has 0 spiro atoms. The molecule has 0 bridgehead atoms. The Morgan fingerprint density at radius 1 is 1.30 bits per heavy atom. The Morgan fingerprint density at radius 2 is 2.23 bits per heavy atom. The first-order valence-electron chi connectivity index (χ1n) is 11.0. The van der Waals surface area contributed by atoms with E-state index < -0.39 is 0 Å². The average molecular weight is 434 g/mol. The monoisotopic (exact) mass is 433 g/mol. The van der Waals surface area contributed by atoms with Crippen molar-refractivity contribution in [2.24, 2.45) is 0 Å². The predicted molar refractivity (Wildman–Crippen MR) is 117 cm³/mol. The van der Waals surface area contributed by atoms with Crippen molar-refractivity contribution in [2.45, 2.75) is 62.4 Å². The van der Waals surface area contributed by atoms with Crippen molar-refractivity contribution in [3.05, 3.63) is 23.5 Å². The lowest BCUT2D eigenvalue weighted by atomic mass is 10.0. The first kappa shape index (κ1) is 21.2. The number of amides is 3. The van der Waals surface area contributed by atoms with E-state index >= 15 is 0 Å². The Morgan fingerprint density at radius 3 is 3.17 bits per heavy atom. The van der Waals surface area contributed by atoms with Gasteiger partial charge in [-0.05, 0) is 37.3 Å². The van der Waals surface area contributed by atoms with Crippen LogP contribution in [0.3, 0.4) is 0 Å². The molecule has 2 saturated heterocycles. The summed E-state index contributed by atoms with van der Waals surface area (Å²) in [6.07, 6.45) is 7.42. The lowest BCUT2D eigenvalue weighted by Gasteiger charge is -2.17. The summed E-state index contributed by atoms with van der Waals surface area (Å²) in [5.74, 6) is 2.00. The number of pyridine rings is 1. The second-order valence-electron chi connectivity index (χ2n) is 8.13. The number of aromatic nitrogens is 1. The van der Waals surface area contributed by atoms with Crippen molar-refractivity contribution in [1.29, 1.82) is 0 Å². The molecule has 3 atom stereocenters. The lowest BCUT2D eigenvalue weighted by molar-refractivity contribution is -0.121. The first-order chi connectivity index (χ1) is 14.7. The van der Waals surface area contributed by atoms with Gasteiger partial charge in [-0.1, -0.05) is 6.42 Å². The third-order valence-electron chi connectivity index (χ3n) is 5.86. The number of aryl methyl sites for hydroxylation is 1. The number of hydrogen-bond acceptors (Lipinski definition) is 6. The van der Waals surface area contributed by atoms with Crippen LogP contribution in [0.1, 0.15) is 43.4 Å². The Labute approximate surface area is 181 Å². The number of thioether (sulfide) groups is 1. The normalized spacial score (nSPS) is 24.4. The van der Waals surface area contributed by atoms with Crippen molar-refractivity contribution >= 4 is 23.7 Å². The van der Waals surface area contributed by atoms with Gasteiger partial charge in [-0.25, -0.2) is 4.79 Å². The Bertz CT molecular complexity index is 762. The van der Waals surface area contributed by atoms with Gasteiger partial charge in [-0.3, -0.25) is 9.78 Å². The molecule has 3 aliphatic rings. The largest absolute Gasteiger partial charge is 0.492 e. The molecule has 1 aromatic heterocycles. The SMILES string of the molecule is O=C(CCCC[C@@H]1SC[C@@H]2NC(=O)N[C@@H]21)NCCNCc1cc2c(cn1)OCCC2. The van der Waals surface area contributed by atoms with E-state index in [2.05, 4.69) is 32.3 Å². The maximum Gasteiger partial charge on any atom is 0.315 e. The molecule has 0 radical (unpaired) electrons. The third kappa shape index (κ3) is 5.57. The van der Waals surface area contributed by atoms with E-state index in [1.807, 2.05) is 18.0 Å². The molecule has 30 heavy (non-hydrogen) atoms. The molecule has 2 fully saturated rings. The highest BCUT2D eigenvalue weighted by atomic mass is 32.2. The fraction of sp³-hybridized carbons (Fsp3) is 0.667. The second kappa shape index (κ2) is 10.3. The summed E-state index contributed by atoms with van der Waals surface area (Å²) in [5, 5.41) is 12.7. The fourth-order valence-corrected chi connectivity index (χ4v) is 5.81. The van der Waals surface area contributed by atoms with Gasteiger partial charge in [-0.15, -0.1) is 0 Å². The fourth-order valence-electron chi connectivity index (χ4n) is 4.27. The molecule has 0 saturated carbocycles. The minimum absolute atomic E-state index is 0.0419. The molecule has 3 amide bonds. The molecule has 0 unspecified atom stereocenters. The van der Waals surface area contributed by atoms with Crippen LogP contribution in [0.2, 0.25) is 0 Å². The number of urea groups is 1. The van der Waals surface area contributed by atoms with Crippen LogP contribution < -0.4 is 26.0 Å². The zero-order valence-corrected chi connectivity index (χ0v) is 18.1. The molecule has 4 N–H and O–H groups in total. The van der Waals surface area contributed by atoms with Crippen LogP contribution in [0.4, 0.5) is 4.79 Å². The molecular formula is C21H31N5O3S. The van der Waals surface area contributed by atoms with Crippen LogP contribution in [0.5, 0.6) is 5.75 Å². The van der Waals surface area contributed by atoms with Crippen LogP contribution in [0.15, 0.2) is 12.3 Å². The summed E-state index contributed by atoms with van der Waals surface area (Å²) >= 11 is 1.92. The number of unbranched alkanes of at least 4 members (excludes halogenated alkanes) is 1. The minimum atomic E-state index is -0.0419. The maximum atomic E-state index is 12.0. The lowest BCUT2D eigenvalue weighted by Crippen LogP contribution is -2.36. The Hall–Kier alpha value is -2.00. The number of fused-ring (bicyclic) bond motifs is 2. The summed E-state index contributed by atoms with van der Waals surface area (Å²) < 4.78 is 5.59. The van der Waals surface area contributed by atoms with Gasteiger partial charge in [-0.2, -0.15) is 11.8 Å². The molecule has 0 aliphatic carbocycles. The number of nitrogens with zero attached hydrogens (tertiary/aromatic N) is 1. The molecule has 9 heteroatoms. The van der Waals surface area contributed by atoms with Gasteiger partial charge >= 0.3 is 6.03 Å². The molecule has 4 heterocycles. The van der Waals surface area contributed by atoms with Crippen molar-refractivity contribution < 1.29 is 14.3 Å². The van der Waals surface area contributed by atoms with Crippen molar-refractivity contribution in [3.8, 4) is 5.75 Å². The van der Waals surface area contributed by atoms with Crippen LogP contribution in [0, 0.1) is 0 Å². The number of ether oxygens (including phenoxy) is 1. The quantitative estimate of drug-likeness (QED) is 0.328. The highest BCUT2D eigenvalue weighted by molar-refractivity contribution is 8.00. The number of hydrogen-bond donors (Lipinski definition) is 4. The van der Waals surface area contributed by atoms with Gasteiger partial charge in [0, 0.05) is 37.1 Å². The zero-order valence-electron chi connectivity index (χ0n) is 17.2. The van der Waals surface area contributed by atoms with E-state index in [1.165, 1.54) is 5.56 Å². The van der Waals surface area contributed by atoms with Crippen LogP contribution in [-0.4, -0.2) is 59.7 Å². The Balaban J connectivity index is 1.03. The predicted octanol–water partition coefficient (Wildman–Crippen LogP) is 1.34. The van der Waals surface area contributed by atoms with E-state index in [9.17, 15) is 9.59 Å². The average Bonchev–Trinajstić information content (AvgIpc) is 3.30. The topological polar surface area (TPSA) is 104 Å². The van der Waals surface area contributed by atoms with Gasteiger partial charge in [0.1, 0.15) is 5.75 Å². The molecule has 8 nitrogen and oxygen atoms in total. The second-order valence-corrected chi connectivity index (χ2v) is 9.40. The number of carbonyl (C=O) groups is 2. The molecule has 3 aliphatic heterocycles. The van der Waals surface area contributed by atoms with Crippen LogP contribution in [0.25, 0.3) is 0 Å². The third-order valence-corrected chi connectivity index (χ3v) is 7.37. The summed E-state index contributed by atoms with van der Waals surface area (Å²) in [5.41, 5.74) is 2.24. The van der Waals surface area contributed by atoms with E-state index in [1.54, 1.807) is 0 Å². The first-order valence-corrected chi connectivity index (χ1v) is 12.0. The number of rotatable bonds is 10. The van der Waals surface area contributed by atoms with Crippen LogP contribution >= 0.6 is 11.8 Å². The summed E-state index contributed by atoms with van der Waals surface area (Å²) in [6.45, 7) is 2.81. The highest BCUT2D eigenvalue weighted by Gasteiger charge is 2.42. The summed E-state index contributed by atoms with van der Waals surface area (Å²) in [6, 6.07) is 2.59. The summed E-state index contributed by atoms with van der Waals surface area (Å²) in [4.78, 5) is 27.9. The standard InChI is InChI=1S/C21H31N5O3S/c27-19(6-2-1-5-18-20-16(13-30-18)25-21(28)26-20)23-8-7-22-11-15-10-14-4-3-9-29-17(14)12-24-15/h10,12,16,18,20,22H,1-9,11,13H2,(H,23,27)(H2,25,26,28)/t16-,18-,20-/m0/s1. The summed E-state index contributed by atoms with van der Waals surface area (Å²) in [7, 11) is 0. The van der Waals surface area contributed by atoms with Gasteiger partial charge < -0.3 is 26.0 Å².